The lowest BCUT2D eigenvalue weighted by atomic mass is 10.1. The molecule has 0 aliphatic rings. The highest BCUT2D eigenvalue weighted by Gasteiger charge is 2.15. The quantitative estimate of drug-likeness (QED) is 0.426. The van der Waals surface area contributed by atoms with E-state index in [0.717, 1.165) is 26.9 Å². The minimum absolute atomic E-state index is 0.270. The van der Waals surface area contributed by atoms with Gasteiger partial charge in [0, 0.05) is 22.4 Å². The SMILES string of the molecule is Cc1cccn2cc(-c3ccccc3NC(=O)c3cc(Br)ccc3Cl)nc12. The predicted octanol–water partition coefficient (Wildman–Crippen LogP) is 5.98. The lowest BCUT2D eigenvalue weighted by Crippen LogP contribution is -2.13. The second-order valence-corrected chi connectivity index (χ2v) is 7.49. The van der Waals surface area contributed by atoms with Crippen molar-refractivity contribution in [2.45, 2.75) is 6.92 Å². The summed E-state index contributed by atoms with van der Waals surface area (Å²) in [4.78, 5) is 17.5. The molecule has 1 N–H and O–H groups in total. The van der Waals surface area contributed by atoms with E-state index in [2.05, 4.69) is 21.2 Å². The maximum absolute atomic E-state index is 12.8. The summed E-state index contributed by atoms with van der Waals surface area (Å²) in [6.07, 6.45) is 3.92. The number of fused-ring (bicyclic) bond motifs is 1. The molecule has 4 aromatic rings. The summed E-state index contributed by atoms with van der Waals surface area (Å²) < 4.78 is 2.77. The van der Waals surface area contributed by atoms with Crippen LogP contribution < -0.4 is 5.32 Å². The fourth-order valence-electron chi connectivity index (χ4n) is 2.96. The summed E-state index contributed by atoms with van der Waals surface area (Å²) in [5, 5.41) is 3.36. The zero-order chi connectivity index (χ0) is 19.0. The van der Waals surface area contributed by atoms with Crippen LogP contribution in [0.3, 0.4) is 0 Å². The van der Waals surface area contributed by atoms with Crippen LogP contribution in [0.5, 0.6) is 0 Å². The Kier molecular flexibility index (Phi) is 4.72. The van der Waals surface area contributed by atoms with Crippen LogP contribution in [0.1, 0.15) is 15.9 Å². The third-order valence-electron chi connectivity index (χ3n) is 4.30. The minimum Gasteiger partial charge on any atom is -0.321 e. The number of amides is 1. The van der Waals surface area contributed by atoms with E-state index in [4.69, 9.17) is 16.6 Å². The van der Waals surface area contributed by atoms with Gasteiger partial charge in [0.1, 0.15) is 5.65 Å². The molecule has 0 atom stereocenters. The summed E-state index contributed by atoms with van der Waals surface area (Å²) in [6, 6.07) is 16.8. The second kappa shape index (κ2) is 7.18. The number of carbonyl (C=O) groups excluding carboxylic acids is 1. The highest BCUT2D eigenvalue weighted by atomic mass is 79.9. The molecule has 4 rings (SSSR count). The second-order valence-electron chi connectivity index (χ2n) is 6.17. The Morgan fingerprint density at radius 3 is 2.78 bits per heavy atom. The highest BCUT2D eigenvalue weighted by molar-refractivity contribution is 9.10. The van der Waals surface area contributed by atoms with Crippen LogP contribution >= 0.6 is 27.5 Å². The Balaban J connectivity index is 1.73. The summed E-state index contributed by atoms with van der Waals surface area (Å²) in [6.45, 7) is 2.02. The van der Waals surface area contributed by atoms with Gasteiger partial charge >= 0.3 is 0 Å². The fourth-order valence-corrected chi connectivity index (χ4v) is 3.52. The number of para-hydroxylation sites is 1. The molecule has 0 radical (unpaired) electrons. The average molecular weight is 441 g/mol. The van der Waals surface area contributed by atoms with Gasteiger partial charge in [0.25, 0.3) is 5.91 Å². The molecule has 0 aliphatic carbocycles. The van der Waals surface area contributed by atoms with Gasteiger partial charge in [-0.15, -0.1) is 0 Å². The molecule has 0 aliphatic heterocycles. The van der Waals surface area contributed by atoms with Gasteiger partial charge in [-0.25, -0.2) is 4.98 Å². The first-order chi connectivity index (χ1) is 13.0. The first kappa shape index (κ1) is 17.8. The maximum Gasteiger partial charge on any atom is 0.257 e. The summed E-state index contributed by atoms with van der Waals surface area (Å²) in [7, 11) is 0. The number of aromatic nitrogens is 2. The molecule has 0 saturated heterocycles. The third kappa shape index (κ3) is 3.48. The van der Waals surface area contributed by atoms with Crippen LogP contribution in [0.4, 0.5) is 5.69 Å². The monoisotopic (exact) mass is 439 g/mol. The smallest absolute Gasteiger partial charge is 0.257 e. The first-order valence-corrected chi connectivity index (χ1v) is 9.50. The first-order valence-electron chi connectivity index (χ1n) is 8.33. The normalized spacial score (nSPS) is 10.9. The van der Waals surface area contributed by atoms with Crippen LogP contribution in [-0.4, -0.2) is 15.3 Å². The summed E-state index contributed by atoms with van der Waals surface area (Å²) in [5.74, 6) is -0.270. The number of imidazole rings is 1. The number of aryl methyl sites for hydroxylation is 1. The fraction of sp³-hybridized carbons (Fsp3) is 0.0476. The number of nitrogens with zero attached hydrogens (tertiary/aromatic N) is 2. The lowest BCUT2D eigenvalue weighted by Gasteiger charge is -2.10. The molecule has 2 aromatic heterocycles. The van der Waals surface area contributed by atoms with E-state index < -0.39 is 0 Å². The van der Waals surface area contributed by atoms with Crippen molar-refractivity contribution in [3.05, 3.63) is 87.6 Å². The number of hydrogen-bond donors (Lipinski definition) is 1. The molecule has 0 spiro atoms. The Hall–Kier alpha value is -2.63. The largest absolute Gasteiger partial charge is 0.321 e. The lowest BCUT2D eigenvalue weighted by molar-refractivity contribution is 0.102. The van der Waals surface area contributed by atoms with Gasteiger partial charge in [0.05, 0.1) is 22.0 Å². The number of benzene rings is 2. The third-order valence-corrected chi connectivity index (χ3v) is 5.12. The molecule has 1 amide bonds. The standard InChI is InChI=1S/C21H15BrClN3O/c1-13-5-4-10-26-12-19(24-20(13)26)15-6-2-3-7-18(15)25-21(27)16-11-14(22)8-9-17(16)23/h2-12H,1H3,(H,25,27). The number of hydrogen-bond acceptors (Lipinski definition) is 2. The minimum atomic E-state index is -0.270. The molecular formula is C21H15BrClN3O. The average Bonchev–Trinajstić information content (AvgIpc) is 3.09. The van der Waals surface area contributed by atoms with Crippen molar-refractivity contribution in [2.24, 2.45) is 0 Å². The van der Waals surface area contributed by atoms with Gasteiger partial charge in [0.15, 0.2) is 0 Å². The molecule has 4 nitrogen and oxygen atoms in total. The van der Waals surface area contributed by atoms with Crippen molar-refractivity contribution in [1.82, 2.24) is 9.38 Å². The molecule has 134 valence electrons. The van der Waals surface area contributed by atoms with Crippen LogP contribution in [0.15, 0.2) is 71.5 Å². The number of nitrogens with one attached hydrogen (secondary N) is 1. The van der Waals surface area contributed by atoms with Crippen LogP contribution in [0, 0.1) is 6.92 Å². The van der Waals surface area contributed by atoms with Crippen molar-refractivity contribution in [3.63, 3.8) is 0 Å². The molecule has 27 heavy (non-hydrogen) atoms. The zero-order valence-electron chi connectivity index (χ0n) is 14.4. The van der Waals surface area contributed by atoms with Crippen LogP contribution in [0.2, 0.25) is 5.02 Å². The van der Waals surface area contributed by atoms with E-state index in [1.165, 1.54) is 0 Å². The molecule has 0 saturated carbocycles. The van der Waals surface area contributed by atoms with Gasteiger partial charge in [-0.2, -0.15) is 0 Å². The van der Waals surface area contributed by atoms with Crippen molar-refractivity contribution in [1.29, 1.82) is 0 Å². The zero-order valence-corrected chi connectivity index (χ0v) is 16.8. The topological polar surface area (TPSA) is 46.4 Å². The van der Waals surface area contributed by atoms with Crippen molar-refractivity contribution >= 4 is 44.8 Å². The molecule has 2 aromatic carbocycles. The van der Waals surface area contributed by atoms with E-state index >= 15 is 0 Å². The Morgan fingerprint density at radius 2 is 1.96 bits per heavy atom. The Morgan fingerprint density at radius 1 is 1.15 bits per heavy atom. The van der Waals surface area contributed by atoms with Gasteiger partial charge in [0.2, 0.25) is 0 Å². The van der Waals surface area contributed by atoms with E-state index in [1.54, 1.807) is 18.2 Å². The van der Waals surface area contributed by atoms with Crippen molar-refractivity contribution < 1.29 is 4.79 Å². The summed E-state index contributed by atoms with van der Waals surface area (Å²) >= 11 is 9.56. The van der Waals surface area contributed by atoms with Crippen molar-refractivity contribution in [3.8, 4) is 11.3 Å². The Labute approximate surface area is 169 Å². The molecule has 0 bridgehead atoms. The predicted molar refractivity (Wildman–Crippen MR) is 112 cm³/mol. The van der Waals surface area contributed by atoms with E-state index in [1.807, 2.05) is 60.1 Å². The van der Waals surface area contributed by atoms with Crippen LogP contribution in [0.25, 0.3) is 16.9 Å². The Bertz CT molecular complexity index is 1170. The summed E-state index contributed by atoms with van der Waals surface area (Å²) in [5.41, 5.74) is 4.71. The number of carbonyl (C=O) groups is 1. The van der Waals surface area contributed by atoms with Gasteiger partial charge in [-0.05, 0) is 42.8 Å². The van der Waals surface area contributed by atoms with E-state index in [0.29, 0.717) is 16.3 Å². The number of anilines is 1. The van der Waals surface area contributed by atoms with Gasteiger partial charge in [-0.1, -0.05) is 51.8 Å². The van der Waals surface area contributed by atoms with E-state index in [-0.39, 0.29) is 5.91 Å². The molecular weight excluding hydrogens is 426 g/mol. The number of pyridine rings is 1. The molecule has 0 unspecified atom stereocenters. The highest BCUT2D eigenvalue weighted by Crippen LogP contribution is 2.29. The van der Waals surface area contributed by atoms with Gasteiger partial charge in [-0.3, -0.25) is 4.79 Å². The number of rotatable bonds is 3. The molecule has 2 heterocycles. The van der Waals surface area contributed by atoms with Crippen molar-refractivity contribution in [2.75, 3.05) is 5.32 Å². The number of halogens is 2. The molecule has 0 fully saturated rings. The molecule has 6 heteroatoms. The van der Waals surface area contributed by atoms with Gasteiger partial charge < -0.3 is 9.72 Å². The van der Waals surface area contributed by atoms with Crippen LogP contribution in [-0.2, 0) is 0 Å². The maximum atomic E-state index is 12.8. The van der Waals surface area contributed by atoms with E-state index in [9.17, 15) is 4.79 Å².